The lowest BCUT2D eigenvalue weighted by Crippen LogP contribution is -2.27. The number of aliphatic hydroxyl groups is 1. The first-order valence-corrected chi connectivity index (χ1v) is 6.42. The Morgan fingerprint density at radius 1 is 1.00 bits per heavy atom. The molecule has 0 aromatic heterocycles. The van der Waals surface area contributed by atoms with E-state index >= 15 is 0 Å². The van der Waals surface area contributed by atoms with Gasteiger partial charge in [-0.05, 0) is 18.6 Å². The first-order chi connectivity index (χ1) is 9.22. The van der Waals surface area contributed by atoms with Crippen molar-refractivity contribution in [1.82, 2.24) is 5.32 Å². The number of phenols is 1. The number of phenolic OH excluding ortho intramolecular Hbond substituents is 1. The number of aromatic hydroxyl groups is 1. The van der Waals surface area contributed by atoms with E-state index in [1.54, 1.807) is 12.1 Å². The summed E-state index contributed by atoms with van der Waals surface area (Å²) in [5.74, 6) is 0.271. The minimum absolute atomic E-state index is 0.0158. The maximum atomic E-state index is 9.83. The van der Waals surface area contributed by atoms with Gasteiger partial charge in [-0.15, -0.1) is 0 Å². The van der Waals surface area contributed by atoms with Crippen LogP contribution in [-0.4, -0.2) is 16.8 Å². The van der Waals surface area contributed by atoms with Gasteiger partial charge < -0.3 is 15.5 Å². The minimum atomic E-state index is -0.143. The summed E-state index contributed by atoms with van der Waals surface area (Å²) in [5, 5.41) is 22.7. The summed E-state index contributed by atoms with van der Waals surface area (Å²) in [4.78, 5) is 0. The molecule has 0 bridgehead atoms. The van der Waals surface area contributed by atoms with E-state index in [0.717, 1.165) is 11.1 Å². The van der Waals surface area contributed by atoms with Gasteiger partial charge in [0.25, 0.3) is 0 Å². The molecule has 0 fully saturated rings. The fraction of sp³-hybridized carbons (Fsp3) is 0.250. The quantitative estimate of drug-likeness (QED) is 0.772. The zero-order chi connectivity index (χ0) is 13.7. The molecule has 2 rings (SSSR count). The highest BCUT2D eigenvalue weighted by Crippen LogP contribution is 2.25. The standard InChI is InChI=1S/C16H19NO2/c1-12(14-9-5-6-10-16(14)19)17-15(11-18)13-7-3-2-4-8-13/h2-10,12,15,17-19H,11H2,1H3/t12?,15-/m1/s1. The monoisotopic (exact) mass is 257 g/mol. The van der Waals surface area contributed by atoms with Crippen LogP contribution in [0, 0.1) is 0 Å². The zero-order valence-corrected chi connectivity index (χ0v) is 11.0. The lowest BCUT2D eigenvalue weighted by atomic mass is 10.0. The van der Waals surface area contributed by atoms with Crippen molar-refractivity contribution in [2.24, 2.45) is 0 Å². The number of benzene rings is 2. The van der Waals surface area contributed by atoms with Crippen molar-refractivity contribution in [2.75, 3.05) is 6.61 Å². The fourth-order valence-electron chi connectivity index (χ4n) is 2.18. The summed E-state index contributed by atoms with van der Waals surface area (Å²) >= 11 is 0. The van der Waals surface area contributed by atoms with Gasteiger partial charge >= 0.3 is 0 Å². The SMILES string of the molecule is CC(N[C@H](CO)c1ccccc1)c1ccccc1O. The molecule has 0 aliphatic rings. The van der Waals surface area contributed by atoms with Crippen molar-refractivity contribution in [3.8, 4) is 5.75 Å². The smallest absolute Gasteiger partial charge is 0.120 e. The molecule has 0 amide bonds. The topological polar surface area (TPSA) is 52.5 Å². The average molecular weight is 257 g/mol. The second-order valence-corrected chi connectivity index (χ2v) is 4.59. The molecule has 2 atom stereocenters. The maximum Gasteiger partial charge on any atom is 0.120 e. The molecule has 0 aliphatic carbocycles. The highest BCUT2D eigenvalue weighted by atomic mass is 16.3. The Labute approximate surface area is 113 Å². The van der Waals surface area contributed by atoms with E-state index in [-0.39, 0.29) is 24.4 Å². The lowest BCUT2D eigenvalue weighted by Gasteiger charge is -2.23. The summed E-state index contributed by atoms with van der Waals surface area (Å²) in [6, 6.07) is 16.9. The van der Waals surface area contributed by atoms with Crippen molar-refractivity contribution in [1.29, 1.82) is 0 Å². The normalized spacial score (nSPS) is 14.0. The van der Waals surface area contributed by atoms with Gasteiger partial charge in [0, 0.05) is 11.6 Å². The van der Waals surface area contributed by atoms with Crippen molar-refractivity contribution in [3.05, 3.63) is 65.7 Å². The summed E-state index contributed by atoms with van der Waals surface area (Å²) in [6.07, 6.45) is 0. The van der Waals surface area contributed by atoms with Crippen LogP contribution in [0.1, 0.15) is 30.1 Å². The fourth-order valence-corrected chi connectivity index (χ4v) is 2.18. The number of para-hydroxylation sites is 1. The third-order valence-corrected chi connectivity index (χ3v) is 3.24. The van der Waals surface area contributed by atoms with E-state index in [2.05, 4.69) is 5.32 Å². The van der Waals surface area contributed by atoms with Crippen molar-refractivity contribution in [3.63, 3.8) is 0 Å². The van der Waals surface area contributed by atoms with E-state index in [1.165, 1.54) is 0 Å². The molecule has 3 N–H and O–H groups in total. The molecule has 0 saturated heterocycles. The Hall–Kier alpha value is -1.84. The highest BCUT2D eigenvalue weighted by Gasteiger charge is 2.16. The molecule has 100 valence electrons. The van der Waals surface area contributed by atoms with Gasteiger partial charge in [0.15, 0.2) is 0 Å². The third-order valence-electron chi connectivity index (χ3n) is 3.24. The predicted octanol–water partition coefficient (Wildman–Crippen LogP) is 2.78. The summed E-state index contributed by atoms with van der Waals surface area (Å²) < 4.78 is 0. The first kappa shape index (κ1) is 13.6. The highest BCUT2D eigenvalue weighted by molar-refractivity contribution is 5.34. The summed E-state index contributed by atoms with van der Waals surface area (Å²) in [7, 11) is 0. The van der Waals surface area contributed by atoms with Crippen LogP contribution in [-0.2, 0) is 0 Å². The molecule has 1 unspecified atom stereocenters. The van der Waals surface area contributed by atoms with Gasteiger partial charge in [0.1, 0.15) is 5.75 Å². The number of nitrogens with one attached hydrogen (secondary N) is 1. The van der Waals surface area contributed by atoms with Crippen LogP contribution in [0.2, 0.25) is 0 Å². The molecule has 0 spiro atoms. The second kappa shape index (κ2) is 6.36. The molecule has 0 radical (unpaired) electrons. The molecule has 0 aliphatic heterocycles. The van der Waals surface area contributed by atoms with Crippen molar-refractivity contribution < 1.29 is 10.2 Å². The van der Waals surface area contributed by atoms with Crippen LogP contribution in [0.4, 0.5) is 0 Å². The predicted molar refractivity (Wildman–Crippen MR) is 75.9 cm³/mol. The molecule has 3 heteroatoms. The number of hydrogen-bond acceptors (Lipinski definition) is 3. The lowest BCUT2D eigenvalue weighted by molar-refractivity contribution is 0.234. The molecule has 3 nitrogen and oxygen atoms in total. The Balaban J connectivity index is 2.13. The molecular weight excluding hydrogens is 238 g/mol. The van der Waals surface area contributed by atoms with E-state index < -0.39 is 0 Å². The van der Waals surface area contributed by atoms with Crippen molar-refractivity contribution in [2.45, 2.75) is 19.0 Å². The Bertz CT molecular complexity index is 513. The average Bonchev–Trinajstić information content (AvgIpc) is 2.46. The van der Waals surface area contributed by atoms with Gasteiger partial charge in [-0.2, -0.15) is 0 Å². The van der Waals surface area contributed by atoms with Crippen LogP contribution in [0.5, 0.6) is 5.75 Å². The van der Waals surface area contributed by atoms with Crippen LogP contribution < -0.4 is 5.32 Å². The summed E-state index contributed by atoms with van der Waals surface area (Å²) in [6.45, 7) is 1.99. The summed E-state index contributed by atoms with van der Waals surface area (Å²) in [5.41, 5.74) is 1.86. The molecule has 2 aromatic carbocycles. The van der Waals surface area contributed by atoms with E-state index in [9.17, 15) is 10.2 Å². The molecule has 0 heterocycles. The molecule has 2 aromatic rings. The van der Waals surface area contributed by atoms with Crippen LogP contribution in [0.25, 0.3) is 0 Å². The van der Waals surface area contributed by atoms with Crippen LogP contribution in [0.3, 0.4) is 0 Å². The van der Waals surface area contributed by atoms with E-state index in [4.69, 9.17) is 0 Å². The Morgan fingerprint density at radius 2 is 1.63 bits per heavy atom. The number of hydrogen-bond donors (Lipinski definition) is 3. The first-order valence-electron chi connectivity index (χ1n) is 6.42. The van der Waals surface area contributed by atoms with Crippen LogP contribution in [0.15, 0.2) is 54.6 Å². The third kappa shape index (κ3) is 3.34. The van der Waals surface area contributed by atoms with Gasteiger partial charge in [-0.25, -0.2) is 0 Å². The zero-order valence-electron chi connectivity index (χ0n) is 11.0. The largest absolute Gasteiger partial charge is 0.508 e. The number of rotatable bonds is 5. The van der Waals surface area contributed by atoms with Gasteiger partial charge in [0.05, 0.1) is 12.6 Å². The number of aliphatic hydroxyl groups excluding tert-OH is 1. The maximum absolute atomic E-state index is 9.83. The Kier molecular flexibility index (Phi) is 4.55. The van der Waals surface area contributed by atoms with E-state index in [0.29, 0.717) is 0 Å². The Morgan fingerprint density at radius 3 is 2.26 bits per heavy atom. The molecule has 19 heavy (non-hydrogen) atoms. The van der Waals surface area contributed by atoms with E-state index in [1.807, 2.05) is 49.4 Å². The van der Waals surface area contributed by atoms with Crippen molar-refractivity contribution >= 4 is 0 Å². The van der Waals surface area contributed by atoms with Gasteiger partial charge in [0.2, 0.25) is 0 Å². The van der Waals surface area contributed by atoms with Gasteiger partial charge in [-0.1, -0.05) is 48.5 Å². The van der Waals surface area contributed by atoms with Crippen LogP contribution >= 0.6 is 0 Å². The van der Waals surface area contributed by atoms with Gasteiger partial charge in [-0.3, -0.25) is 0 Å². The minimum Gasteiger partial charge on any atom is -0.508 e. The molecule has 0 saturated carbocycles. The second-order valence-electron chi connectivity index (χ2n) is 4.59. The molecular formula is C16H19NO2.